The number of rotatable bonds is 3. The van der Waals surface area contributed by atoms with Crippen molar-refractivity contribution in [3.63, 3.8) is 0 Å². The summed E-state index contributed by atoms with van der Waals surface area (Å²) in [6.45, 7) is 1.72. The van der Waals surface area contributed by atoms with Crippen LogP contribution in [0.3, 0.4) is 0 Å². The molecule has 0 spiro atoms. The van der Waals surface area contributed by atoms with Crippen LogP contribution in [0.25, 0.3) is 0 Å². The van der Waals surface area contributed by atoms with Gasteiger partial charge in [0.1, 0.15) is 0 Å². The monoisotopic (exact) mass is 259 g/mol. The van der Waals surface area contributed by atoms with Gasteiger partial charge in [0.2, 0.25) is 5.88 Å². The third-order valence-electron chi connectivity index (χ3n) is 1.40. The standard InChI is InChI=1S/C9H10BrNO3/c1-6(12)14-9-8(10)4-3-7(11-9)5-13-2/h3-4H,5H2,1-2H3. The lowest BCUT2D eigenvalue weighted by Gasteiger charge is -2.05. The first kappa shape index (κ1) is 11.1. The molecule has 0 unspecified atom stereocenters. The number of hydrogen-bond acceptors (Lipinski definition) is 4. The molecule has 0 saturated carbocycles. The second kappa shape index (κ2) is 5.07. The third kappa shape index (κ3) is 3.08. The topological polar surface area (TPSA) is 48.4 Å². The molecule has 0 aliphatic rings. The average molecular weight is 260 g/mol. The number of carbonyl (C=O) groups excluding carboxylic acids is 1. The Morgan fingerprint density at radius 3 is 2.86 bits per heavy atom. The minimum absolute atomic E-state index is 0.270. The summed E-state index contributed by atoms with van der Waals surface area (Å²) in [5, 5.41) is 0. The number of aromatic nitrogens is 1. The molecule has 0 saturated heterocycles. The molecule has 5 heteroatoms. The Labute approximate surface area is 90.4 Å². The molecule has 4 nitrogen and oxygen atoms in total. The molecule has 1 heterocycles. The van der Waals surface area contributed by atoms with Crippen molar-refractivity contribution in [2.75, 3.05) is 7.11 Å². The zero-order chi connectivity index (χ0) is 10.6. The van der Waals surface area contributed by atoms with E-state index in [1.54, 1.807) is 19.2 Å². The predicted molar refractivity (Wildman–Crippen MR) is 54.0 cm³/mol. The second-order valence-corrected chi connectivity index (χ2v) is 3.47. The molecule has 0 aliphatic carbocycles. The number of carbonyl (C=O) groups is 1. The van der Waals surface area contributed by atoms with Gasteiger partial charge in [-0.15, -0.1) is 0 Å². The fourth-order valence-corrected chi connectivity index (χ4v) is 1.20. The van der Waals surface area contributed by atoms with Gasteiger partial charge in [-0.25, -0.2) is 4.98 Å². The summed E-state index contributed by atoms with van der Waals surface area (Å²) in [6, 6.07) is 3.56. The third-order valence-corrected chi connectivity index (χ3v) is 2.01. The summed E-state index contributed by atoms with van der Waals surface area (Å²) in [4.78, 5) is 14.8. The van der Waals surface area contributed by atoms with Crippen molar-refractivity contribution in [3.05, 3.63) is 22.3 Å². The number of pyridine rings is 1. The van der Waals surface area contributed by atoms with E-state index in [1.807, 2.05) is 0 Å². The Kier molecular flexibility index (Phi) is 4.03. The first-order valence-electron chi connectivity index (χ1n) is 3.96. The van der Waals surface area contributed by atoms with Gasteiger partial charge in [-0.2, -0.15) is 0 Å². The molecule has 0 aliphatic heterocycles. The predicted octanol–water partition coefficient (Wildman–Crippen LogP) is 1.92. The Morgan fingerprint density at radius 1 is 1.57 bits per heavy atom. The summed E-state index contributed by atoms with van der Waals surface area (Å²) in [7, 11) is 1.58. The first-order chi connectivity index (χ1) is 6.63. The number of methoxy groups -OCH3 is 1. The van der Waals surface area contributed by atoms with E-state index in [1.165, 1.54) is 6.92 Å². The number of halogens is 1. The Hall–Kier alpha value is -0.940. The van der Waals surface area contributed by atoms with Gasteiger partial charge in [0.15, 0.2) is 0 Å². The van der Waals surface area contributed by atoms with Crippen LogP contribution < -0.4 is 4.74 Å². The fraction of sp³-hybridized carbons (Fsp3) is 0.333. The number of ether oxygens (including phenoxy) is 2. The normalized spacial score (nSPS) is 9.93. The molecule has 1 aromatic heterocycles. The molecule has 0 radical (unpaired) electrons. The van der Waals surface area contributed by atoms with Crippen molar-refractivity contribution in [1.29, 1.82) is 0 Å². The number of hydrogen-bond donors (Lipinski definition) is 0. The van der Waals surface area contributed by atoms with Gasteiger partial charge >= 0.3 is 5.97 Å². The average Bonchev–Trinajstić information content (AvgIpc) is 2.10. The van der Waals surface area contributed by atoms with Gasteiger partial charge in [-0.1, -0.05) is 0 Å². The molecule has 0 amide bonds. The molecule has 76 valence electrons. The lowest BCUT2D eigenvalue weighted by molar-refractivity contribution is -0.132. The van der Waals surface area contributed by atoms with Gasteiger partial charge in [0, 0.05) is 14.0 Å². The Bertz CT molecular complexity index is 341. The highest BCUT2D eigenvalue weighted by Gasteiger charge is 2.06. The van der Waals surface area contributed by atoms with Gasteiger partial charge in [0.25, 0.3) is 0 Å². The lowest BCUT2D eigenvalue weighted by atomic mass is 10.4. The lowest BCUT2D eigenvalue weighted by Crippen LogP contribution is -2.05. The summed E-state index contributed by atoms with van der Waals surface area (Å²) >= 11 is 3.23. The van der Waals surface area contributed by atoms with Crippen molar-refractivity contribution in [2.45, 2.75) is 13.5 Å². The maximum Gasteiger partial charge on any atom is 0.309 e. The van der Waals surface area contributed by atoms with Gasteiger partial charge < -0.3 is 9.47 Å². The minimum atomic E-state index is -0.396. The summed E-state index contributed by atoms with van der Waals surface area (Å²) in [5.74, 6) is -0.125. The van der Waals surface area contributed by atoms with Crippen molar-refractivity contribution in [3.8, 4) is 5.88 Å². The van der Waals surface area contributed by atoms with Gasteiger partial charge in [-0.05, 0) is 28.1 Å². The van der Waals surface area contributed by atoms with Crippen LogP contribution in [0.2, 0.25) is 0 Å². The highest BCUT2D eigenvalue weighted by Crippen LogP contribution is 2.22. The van der Waals surface area contributed by atoms with Crippen molar-refractivity contribution in [1.82, 2.24) is 4.98 Å². The summed E-state index contributed by atoms with van der Waals surface area (Å²) in [5.41, 5.74) is 0.715. The van der Waals surface area contributed by atoms with E-state index < -0.39 is 5.97 Å². The number of esters is 1. The van der Waals surface area contributed by atoms with E-state index in [9.17, 15) is 4.79 Å². The van der Waals surface area contributed by atoms with Crippen LogP contribution in [0.15, 0.2) is 16.6 Å². The second-order valence-electron chi connectivity index (χ2n) is 2.62. The summed E-state index contributed by atoms with van der Waals surface area (Å²) < 4.78 is 10.4. The van der Waals surface area contributed by atoms with E-state index in [-0.39, 0.29) is 5.88 Å². The van der Waals surface area contributed by atoms with E-state index in [2.05, 4.69) is 20.9 Å². The molecule has 0 fully saturated rings. The zero-order valence-corrected chi connectivity index (χ0v) is 9.50. The van der Waals surface area contributed by atoms with Crippen LogP contribution in [-0.4, -0.2) is 18.1 Å². The molecule has 1 aromatic rings. The highest BCUT2D eigenvalue weighted by atomic mass is 79.9. The van der Waals surface area contributed by atoms with Crippen LogP contribution in [0.5, 0.6) is 5.88 Å². The minimum Gasteiger partial charge on any atom is -0.406 e. The fourth-order valence-electron chi connectivity index (χ4n) is 0.898. The first-order valence-corrected chi connectivity index (χ1v) is 4.75. The van der Waals surface area contributed by atoms with Crippen LogP contribution >= 0.6 is 15.9 Å². The summed E-state index contributed by atoms with van der Waals surface area (Å²) in [6.07, 6.45) is 0. The largest absolute Gasteiger partial charge is 0.406 e. The molecule has 0 atom stereocenters. The molecule has 14 heavy (non-hydrogen) atoms. The van der Waals surface area contributed by atoms with E-state index in [0.717, 1.165) is 0 Å². The van der Waals surface area contributed by atoms with Crippen LogP contribution in [0, 0.1) is 0 Å². The molecule has 0 bridgehead atoms. The van der Waals surface area contributed by atoms with Gasteiger partial charge in [-0.3, -0.25) is 4.79 Å². The molecule has 0 aromatic carbocycles. The Balaban J connectivity index is 2.90. The van der Waals surface area contributed by atoms with Crippen LogP contribution in [0.1, 0.15) is 12.6 Å². The van der Waals surface area contributed by atoms with Crippen molar-refractivity contribution < 1.29 is 14.3 Å². The molecular formula is C9H10BrNO3. The quantitative estimate of drug-likeness (QED) is 0.779. The Morgan fingerprint density at radius 2 is 2.29 bits per heavy atom. The van der Waals surface area contributed by atoms with Crippen LogP contribution in [0.4, 0.5) is 0 Å². The van der Waals surface area contributed by atoms with Gasteiger partial charge in [0.05, 0.1) is 16.8 Å². The van der Waals surface area contributed by atoms with Crippen molar-refractivity contribution in [2.24, 2.45) is 0 Å². The SMILES string of the molecule is COCc1ccc(Br)c(OC(C)=O)n1. The highest BCUT2D eigenvalue weighted by molar-refractivity contribution is 9.10. The maximum absolute atomic E-state index is 10.7. The molecule has 0 N–H and O–H groups in total. The molecular weight excluding hydrogens is 250 g/mol. The van der Waals surface area contributed by atoms with E-state index in [0.29, 0.717) is 16.8 Å². The smallest absolute Gasteiger partial charge is 0.309 e. The molecule has 1 rings (SSSR count). The van der Waals surface area contributed by atoms with Crippen molar-refractivity contribution >= 4 is 21.9 Å². The maximum atomic E-state index is 10.7. The van der Waals surface area contributed by atoms with E-state index >= 15 is 0 Å². The van der Waals surface area contributed by atoms with E-state index in [4.69, 9.17) is 9.47 Å². The zero-order valence-electron chi connectivity index (χ0n) is 7.91. The van der Waals surface area contributed by atoms with Crippen LogP contribution in [-0.2, 0) is 16.1 Å². The number of nitrogens with zero attached hydrogens (tertiary/aromatic N) is 1.